The summed E-state index contributed by atoms with van der Waals surface area (Å²) in [5.74, 6) is 0. The highest BCUT2D eigenvalue weighted by Crippen LogP contribution is 2.24. The van der Waals surface area contributed by atoms with Crippen LogP contribution in [0.5, 0.6) is 0 Å². The van der Waals surface area contributed by atoms with Crippen molar-refractivity contribution in [2.24, 2.45) is 5.73 Å². The maximum atomic E-state index is 5.90. The Morgan fingerprint density at radius 1 is 1.12 bits per heavy atom. The van der Waals surface area contributed by atoms with E-state index in [1.54, 1.807) is 0 Å². The predicted molar refractivity (Wildman–Crippen MR) is 75.9 cm³/mol. The fraction of sp³-hybridized carbons (Fsp3) is 0.538. The van der Waals surface area contributed by atoms with Crippen molar-refractivity contribution in [3.63, 3.8) is 0 Å². The highest BCUT2D eigenvalue weighted by atomic mass is 35.5. The molecule has 17 heavy (non-hydrogen) atoms. The minimum Gasteiger partial charge on any atom is -0.329 e. The summed E-state index contributed by atoms with van der Waals surface area (Å²) in [6.07, 6.45) is 3.95. The third-order valence-electron chi connectivity index (χ3n) is 3.31. The van der Waals surface area contributed by atoms with Gasteiger partial charge < -0.3 is 5.73 Å². The number of piperidine rings is 1. The van der Waals surface area contributed by atoms with Crippen molar-refractivity contribution < 1.29 is 0 Å². The van der Waals surface area contributed by atoms with E-state index in [1.165, 1.54) is 37.9 Å². The van der Waals surface area contributed by atoms with Gasteiger partial charge >= 0.3 is 0 Å². The van der Waals surface area contributed by atoms with Gasteiger partial charge in [-0.05, 0) is 43.6 Å². The van der Waals surface area contributed by atoms with Crippen molar-refractivity contribution in [2.45, 2.75) is 25.3 Å². The van der Waals surface area contributed by atoms with Crippen LogP contribution in [-0.2, 0) is 0 Å². The third-order valence-corrected chi connectivity index (χ3v) is 3.56. The molecule has 0 amide bonds. The van der Waals surface area contributed by atoms with E-state index in [2.05, 4.69) is 17.0 Å². The first-order chi connectivity index (χ1) is 7.81. The Balaban J connectivity index is 0.00000144. The molecule has 1 fully saturated rings. The summed E-state index contributed by atoms with van der Waals surface area (Å²) in [6, 6.07) is 8.44. The number of nitrogens with zero attached hydrogens (tertiary/aromatic N) is 1. The molecular formula is C13H20Cl2N2. The van der Waals surface area contributed by atoms with Crippen LogP contribution in [0.1, 0.15) is 30.9 Å². The van der Waals surface area contributed by atoms with E-state index in [0.717, 1.165) is 5.02 Å². The molecule has 0 bridgehead atoms. The fourth-order valence-electron chi connectivity index (χ4n) is 2.41. The summed E-state index contributed by atoms with van der Waals surface area (Å²) in [5, 5.41) is 0.790. The normalized spacial score (nSPS) is 18.5. The standard InChI is InChI=1S/C13H19ClN2.ClH/c14-12-6-4-11(5-7-12)13(10-15)16-8-2-1-3-9-16;/h4-7,13H,1-3,8-10,15H2;1H. The predicted octanol–water partition coefficient (Wildman–Crippen LogP) is 3.25. The zero-order valence-electron chi connectivity index (χ0n) is 9.94. The van der Waals surface area contributed by atoms with Crippen LogP contribution in [0.2, 0.25) is 5.02 Å². The van der Waals surface area contributed by atoms with Gasteiger partial charge in [-0.1, -0.05) is 30.2 Å². The number of benzene rings is 1. The molecule has 0 aliphatic carbocycles. The Bertz CT molecular complexity index is 321. The van der Waals surface area contributed by atoms with Gasteiger partial charge in [0.15, 0.2) is 0 Å². The van der Waals surface area contributed by atoms with Gasteiger partial charge in [0, 0.05) is 17.6 Å². The zero-order chi connectivity index (χ0) is 11.4. The van der Waals surface area contributed by atoms with E-state index in [4.69, 9.17) is 17.3 Å². The van der Waals surface area contributed by atoms with Crippen molar-refractivity contribution in [1.82, 2.24) is 4.90 Å². The Morgan fingerprint density at radius 3 is 2.24 bits per heavy atom. The maximum absolute atomic E-state index is 5.90. The highest BCUT2D eigenvalue weighted by molar-refractivity contribution is 6.30. The van der Waals surface area contributed by atoms with E-state index < -0.39 is 0 Å². The van der Waals surface area contributed by atoms with E-state index in [1.807, 2.05) is 12.1 Å². The highest BCUT2D eigenvalue weighted by Gasteiger charge is 2.20. The lowest BCUT2D eigenvalue weighted by Gasteiger charge is -2.34. The summed E-state index contributed by atoms with van der Waals surface area (Å²) in [6.45, 7) is 3.02. The summed E-state index contributed by atoms with van der Waals surface area (Å²) < 4.78 is 0. The molecular weight excluding hydrogens is 255 g/mol. The van der Waals surface area contributed by atoms with E-state index in [0.29, 0.717) is 12.6 Å². The van der Waals surface area contributed by atoms with Gasteiger partial charge in [-0.25, -0.2) is 0 Å². The minimum atomic E-state index is 0. The van der Waals surface area contributed by atoms with Crippen molar-refractivity contribution >= 4 is 24.0 Å². The van der Waals surface area contributed by atoms with Gasteiger partial charge in [0.2, 0.25) is 0 Å². The molecule has 0 saturated carbocycles. The maximum Gasteiger partial charge on any atom is 0.0470 e. The van der Waals surface area contributed by atoms with Gasteiger partial charge in [-0.3, -0.25) is 4.90 Å². The van der Waals surface area contributed by atoms with Gasteiger partial charge in [0.25, 0.3) is 0 Å². The molecule has 1 aromatic carbocycles. The summed E-state index contributed by atoms with van der Waals surface area (Å²) >= 11 is 5.90. The lowest BCUT2D eigenvalue weighted by atomic mass is 10.0. The number of rotatable bonds is 3. The average molecular weight is 275 g/mol. The van der Waals surface area contributed by atoms with E-state index in [9.17, 15) is 0 Å². The lowest BCUT2D eigenvalue weighted by molar-refractivity contribution is 0.167. The van der Waals surface area contributed by atoms with Crippen LogP contribution in [0.3, 0.4) is 0 Å². The van der Waals surface area contributed by atoms with E-state index in [-0.39, 0.29) is 12.4 Å². The number of likely N-dealkylation sites (tertiary alicyclic amines) is 1. The van der Waals surface area contributed by atoms with Crippen LogP contribution in [0.15, 0.2) is 24.3 Å². The molecule has 1 heterocycles. The SMILES string of the molecule is Cl.NCC(c1ccc(Cl)cc1)N1CCCCC1. The molecule has 2 N–H and O–H groups in total. The topological polar surface area (TPSA) is 29.3 Å². The first-order valence-corrected chi connectivity index (χ1v) is 6.38. The fourth-order valence-corrected chi connectivity index (χ4v) is 2.54. The first kappa shape index (κ1) is 14.8. The van der Waals surface area contributed by atoms with Crippen molar-refractivity contribution in [3.8, 4) is 0 Å². The zero-order valence-corrected chi connectivity index (χ0v) is 11.5. The summed E-state index contributed by atoms with van der Waals surface area (Å²) in [4.78, 5) is 2.49. The Kier molecular flexibility index (Phi) is 6.28. The molecule has 0 radical (unpaired) electrons. The molecule has 4 heteroatoms. The lowest BCUT2D eigenvalue weighted by Crippen LogP contribution is -2.37. The Morgan fingerprint density at radius 2 is 1.71 bits per heavy atom. The van der Waals surface area contributed by atoms with Gasteiger partial charge in [0.1, 0.15) is 0 Å². The Hall–Kier alpha value is -0.280. The second-order valence-corrected chi connectivity index (χ2v) is 4.84. The number of hydrogen-bond donors (Lipinski definition) is 1. The molecule has 2 nitrogen and oxygen atoms in total. The largest absolute Gasteiger partial charge is 0.329 e. The minimum absolute atomic E-state index is 0. The number of nitrogens with two attached hydrogens (primary N) is 1. The quantitative estimate of drug-likeness (QED) is 0.917. The van der Waals surface area contributed by atoms with Gasteiger partial charge in [-0.2, -0.15) is 0 Å². The van der Waals surface area contributed by atoms with Crippen LogP contribution in [0.25, 0.3) is 0 Å². The molecule has 1 aliphatic heterocycles. The molecule has 1 unspecified atom stereocenters. The molecule has 1 saturated heterocycles. The van der Waals surface area contributed by atoms with Crippen LogP contribution in [-0.4, -0.2) is 24.5 Å². The Labute approximate surface area is 115 Å². The summed E-state index contributed by atoms with van der Waals surface area (Å²) in [7, 11) is 0. The van der Waals surface area contributed by atoms with Crippen LogP contribution in [0.4, 0.5) is 0 Å². The average Bonchev–Trinajstić information content (AvgIpc) is 2.34. The molecule has 0 aromatic heterocycles. The molecule has 96 valence electrons. The second kappa shape index (κ2) is 7.22. The van der Waals surface area contributed by atoms with E-state index >= 15 is 0 Å². The third kappa shape index (κ3) is 3.85. The van der Waals surface area contributed by atoms with Crippen molar-refractivity contribution in [3.05, 3.63) is 34.9 Å². The van der Waals surface area contributed by atoms with Crippen molar-refractivity contribution in [2.75, 3.05) is 19.6 Å². The number of halogens is 2. The molecule has 1 aliphatic rings. The second-order valence-electron chi connectivity index (χ2n) is 4.40. The molecule has 0 spiro atoms. The first-order valence-electron chi connectivity index (χ1n) is 6.01. The summed E-state index contributed by atoms with van der Waals surface area (Å²) in [5.41, 5.74) is 7.18. The van der Waals surface area contributed by atoms with Gasteiger partial charge in [0.05, 0.1) is 0 Å². The van der Waals surface area contributed by atoms with Crippen molar-refractivity contribution in [1.29, 1.82) is 0 Å². The molecule has 2 rings (SSSR count). The number of hydrogen-bond acceptors (Lipinski definition) is 2. The van der Waals surface area contributed by atoms with Crippen LogP contribution >= 0.6 is 24.0 Å². The smallest absolute Gasteiger partial charge is 0.0470 e. The monoisotopic (exact) mass is 274 g/mol. The molecule has 1 aromatic rings. The molecule has 1 atom stereocenters. The van der Waals surface area contributed by atoms with Crippen LogP contribution < -0.4 is 5.73 Å². The van der Waals surface area contributed by atoms with Gasteiger partial charge in [-0.15, -0.1) is 12.4 Å². The van der Waals surface area contributed by atoms with Crippen LogP contribution in [0, 0.1) is 0 Å².